The Bertz CT molecular complexity index is 1190. The Morgan fingerprint density at radius 1 is 1.23 bits per heavy atom. The van der Waals surface area contributed by atoms with Gasteiger partial charge >= 0.3 is 0 Å². The molecular weight excluding hydrogens is 442 g/mol. The van der Waals surface area contributed by atoms with Gasteiger partial charge in [-0.05, 0) is 57.6 Å². The molecule has 9 heteroatoms. The lowest BCUT2D eigenvalue weighted by atomic mass is 9.78. The quantitative estimate of drug-likeness (QED) is 0.404. The van der Waals surface area contributed by atoms with Gasteiger partial charge in [0.2, 0.25) is 5.91 Å². The van der Waals surface area contributed by atoms with E-state index in [0.29, 0.717) is 18.1 Å². The SMILES string of the molecule is Cc1cc(Nc2cc3ncccc3c(NC3C[C@H]4CCC[C@@H](C3)N4C(=O)C(C)(C)CCO)n2)n[nH]1. The number of hydrogen-bond acceptors (Lipinski definition) is 7. The summed E-state index contributed by atoms with van der Waals surface area (Å²) in [6.45, 7) is 5.89. The molecule has 0 spiro atoms. The van der Waals surface area contributed by atoms with Gasteiger partial charge in [0.05, 0.1) is 5.52 Å². The Morgan fingerprint density at radius 2 is 2.00 bits per heavy atom. The third-order valence-electron chi connectivity index (χ3n) is 7.43. The molecule has 3 aromatic heterocycles. The molecule has 1 unspecified atom stereocenters. The van der Waals surface area contributed by atoms with E-state index < -0.39 is 5.41 Å². The van der Waals surface area contributed by atoms with Crippen LogP contribution in [-0.4, -0.2) is 60.8 Å². The zero-order valence-corrected chi connectivity index (χ0v) is 20.7. The summed E-state index contributed by atoms with van der Waals surface area (Å²) >= 11 is 0. The monoisotopic (exact) mass is 477 g/mol. The number of fused-ring (bicyclic) bond motifs is 3. The molecule has 1 amide bonds. The maximum atomic E-state index is 13.4. The number of aromatic amines is 1. The Labute approximate surface area is 205 Å². The minimum Gasteiger partial charge on any atom is -0.396 e. The van der Waals surface area contributed by atoms with E-state index in [0.717, 1.165) is 54.5 Å². The van der Waals surface area contributed by atoms with Crippen molar-refractivity contribution in [3.8, 4) is 0 Å². The molecule has 35 heavy (non-hydrogen) atoms. The first-order valence-electron chi connectivity index (χ1n) is 12.6. The minimum absolute atomic E-state index is 0.0289. The van der Waals surface area contributed by atoms with Crippen molar-refractivity contribution in [2.45, 2.75) is 77.4 Å². The molecule has 0 aromatic carbocycles. The number of nitrogens with one attached hydrogen (secondary N) is 3. The van der Waals surface area contributed by atoms with E-state index >= 15 is 0 Å². The molecule has 9 nitrogen and oxygen atoms in total. The van der Waals surface area contributed by atoms with Gasteiger partial charge in [-0.1, -0.05) is 13.8 Å². The van der Waals surface area contributed by atoms with E-state index in [1.165, 1.54) is 0 Å². The van der Waals surface area contributed by atoms with E-state index in [1.807, 2.05) is 45.0 Å². The zero-order chi connectivity index (χ0) is 24.6. The molecule has 3 atom stereocenters. The van der Waals surface area contributed by atoms with Crippen molar-refractivity contribution in [3.63, 3.8) is 0 Å². The van der Waals surface area contributed by atoms with Crippen LogP contribution in [0.3, 0.4) is 0 Å². The number of aromatic nitrogens is 4. The highest BCUT2D eigenvalue weighted by molar-refractivity contribution is 5.91. The highest BCUT2D eigenvalue weighted by atomic mass is 16.3. The number of anilines is 3. The topological polar surface area (TPSA) is 119 Å². The molecule has 5 rings (SSSR count). The van der Waals surface area contributed by atoms with Gasteiger partial charge in [-0.15, -0.1) is 0 Å². The standard InChI is InChI=1S/C26H35N7O2/c1-16-12-23(32-31-16)29-22-15-21-20(8-5-10-27-21)24(30-22)28-17-13-18-6-4-7-19(14-17)33(18)25(35)26(2,3)9-11-34/h5,8,10,12,15,17-19,34H,4,6-7,9,11,13-14H2,1-3H3,(H3,28,29,30,31,32)/t17?,18-,19+. The number of hydrogen-bond donors (Lipinski definition) is 4. The fourth-order valence-electron chi connectivity index (χ4n) is 5.62. The number of H-pyrrole nitrogens is 1. The van der Waals surface area contributed by atoms with Crippen molar-refractivity contribution >= 4 is 34.3 Å². The number of rotatable bonds is 7. The van der Waals surface area contributed by atoms with E-state index in [9.17, 15) is 9.90 Å². The smallest absolute Gasteiger partial charge is 0.228 e. The summed E-state index contributed by atoms with van der Waals surface area (Å²) in [5, 5.41) is 24.6. The second kappa shape index (κ2) is 9.45. The summed E-state index contributed by atoms with van der Waals surface area (Å²) in [5.41, 5.74) is 1.29. The van der Waals surface area contributed by atoms with Crippen LogP contribution in [0.15, 0.2) is 30.5 Å². The van der Waals surface area contributed by atoms with Crippen molar-refractivity contribution in [1.29, 1.82) is 0 Å². The van der Waals surface area contributed by atoms with Crippen molar-refractivity contribution in [3.05, 3.63) is 36.2 Å². The molecule has 2 fully saturated rings. The lowest BCUT2D eigenvalue weighted by Crippen LogP contribution is -2.59. The maximum absolute atomic E-state index is 13.4. The van der Waals surface area contributed by atoms with Crippen LogP contribution in [0.1, 0.15) is 58.1 Å². The Balaban J connectivity index is 1.38. The van der Waals surface area contributed by atoms with Crippen LogP contribution in [0.4, 0.5) is 17.5 Å². The molecule has 2 aliphatic rings. The molecule has 5 heterocycles. The molecule has 2 saturated heterocycles. The van der Waals surface area contributed by atoms with Gasteiger partial charge < -0.3 is 20.6 Å². The minimum atomic E-state index is -0.545. The third-order valence-corrected chi connectivity index (χ3v) is 7.43. The Morgan fingerprint density at radius 3 is 2.69 bits per heavy atom. The summed E-state index contributed by atoms with van der Waals surface area (Å²) in [6.07, 6.45) is 7.24. The number of piperidine rings is 2. The number of aliphatic hydroxyl groups excluding tert-OH is 1. The molecule has 4 N–H and O–H groups in total. The highest BCUT2D eigenvalue weighted by Gasteiger charge is 2.44. The van der Waals surface area contributed by atoms with Crippen LogP contribution >= 0.6 is 0 Å². The van der Waals surface area contributed by atoms with E-state index in [4.69, 9.17) is 4.98 Å². The largest absolute Gasteiger partial charge is 0.396 e. The third kappa shape index (κ3) is 4.82. The van der Waals surface area contributed by atoms with Gasteiger partial charge in [0.1, 0.15) is 11.6 Å². The van der Waals surface area contributed by atoms with Crippen molar-refractivity contribution in [1.82, 2.24) is 25.1 Å². The average molecular weight is 478 g/mol. The van der Waals surface area contributed by atoms with Gasteiger partial charge in [0.25, 0.3) is 0 Å². The molecule has 0 radical (unpaired) electrons. The summed E-state index contributed by atoms with van der Waals surface area (Å²) in [5.74, 6) is 2.37. The fourth-order valence-corrected chi connectivity index (χ4v) is 5.62. The van der Waals surface area contributed by atoms with Gasteiger partial charge in [-0.2, -0.15) is 5.10 Å². The number of nitrogens with zero attached hydrogens (tertiary/aromatic N) is 4. The van der Waals surface area contributed by atoms with Gasteiger partial charge in [0.15, 0.2) is 5.82 Å². The lowest BCUT2D eigenvalue weighted by Gasteiger charge is -2.51. The highest BCUT2D eigenvalue weighted by Crippen LogP contribution is 2.39. The average Bonchev–Trinajstić information content (AvgIpc) is 3.22. The van der Waals surface area contributed by atoms with E-state index in [1.54, 1.807) is 6.20 Å². The zero-order valence-electron chi connectivity index (χ0n) is 20.7. The van der Waals surface area contributed by atoms with Gasteiger partial charge in [-0.25, -0.2) is 4.98 Å². The molecule has 2 bridgehead atoms. The molecule has 2 aliphatic heterocycles. The number of aryl methyl sites for hydroxylation is 1. The first-order chi connectivity index (χ1) is 16.8. The first-order valence-corrected chi connectivity index (χ1v) is 12.6. The van der Waals surface area contributed by atoms with Crippen LogP contribution in [0.25, 0.3) is 10.9 Å². The molecular formula is C26H35N7O2. The second-order valence-corrected chi connectivity index (χ2v) is 10.6. The van der Waals surface area contributed by atoms with Crippen molar-refractivity contribution in [2.24, 2.45) is 5.41 Å². The summed E-state index contributed by atoms with van der Waals surface area (Å²) in [7, 11) is 0. The number of pyridine rings is 2. The molecule has 186 valence electrons. The lowest BCUT2D eigenvalue weighted by molar-refractivity contribution is -0.151. The van der Waals surface area contributed by atoms with Crippen molar-refractivity contribution < 1.29 is 9.90 Å². The predicted molar refractivity (Wildman–Crippen MR) is 137 cm³/mol. The van der Waals surface area contributed by atoms with Crippen LogP contribution < -0.4 is 10.6 Å². The fraction of sp³-hybridized carbons (Fsp3) is 0.538. The predicted octanol–water partition coefficient (Wildman–Crippen LogP) is 4.14. The van der Waals surface area contributed by atoms with Crippen LogP contribution in [0.2, 0.25) is 0 Å². The number of aliphatic hydroxyl groups is 1. The maximum Gasteiger partial charge on any atom is 0.228 e. The van der Waals surface area contributed by atoms with E-state index in [-0.39, 0.29) is 30.6 Å². The summed E-state index contributed by atoms with van der Waals surface area (Å²) in [6, 6.07) is 8.48. The van der Waals surface area contributed by atoms with Crippen molar-refractivity contribution in [2.75, 3.05) is 17.2 Å². The summed E-state index contributed by atoms with van der Waals surface area (Å²) < 4.78 is 0. The second-order valence-electron chi connectivity index (χ2n) is 10.6. The first kappa shape index (κ1) is 23.5. The molecule has 3 aromatic rings. The summed E-state index contributed by atoms with van der Waals surface area (Å²) in [4.78, 5) is 25.0. The normalized spacial score (nSPS) is 22.3. The Kier molecular flexibility index (Phi) is 6.35. The number of carbonyl (C=O) groups excluding carboxylic acids is 1. The molecule has 0 saturated carbocycles. The number of carbonyl (C=O) groups is 1. The van der Waals surface area contributed by atoms with Gasteiger partial charge in [0, 0.05) is 59.6 Å². The van der Waals surface area contributed by atoms with Crippen LogP contribution in [0.5, 0.6) is 0 Å². The Hall–Kier alpha value is -3.20. The van der Waals surface area contributed by atoms with E-state index in [2.05, 4.69) is 30.7 Å². The van der Waals surface area contributed by atoms with Crippen LogP contribution in [0, 0.1) is 12.3 Å². The number of amides is 1. The van der Waals surface area contributed by atoms with Crippen LogP contribution in [-0.2, 0) is 4.79 Å². The van der Waals surface area contributed by atoms with Gasteiger partial charge in [-0.3, -0.25) is 14.9 Å². The molecule has 0 aliphatic carbocycles.